The summed E-state index contributed by atoms with van der Waals surface area (Å²) in [6, 6.07) is 5.71. The van der Waals surface area contributed by atoms with Gasteiger partial charge in [-0.2, -0.15) is 0 Å². The molecule has 0 aliphatic heterocycles. The van der Waals surface area contributed by atoms with Crippen molar-refractivity contribution < 1.29 is 14.6 Å². The Kier molecular flexibility index (Phi) is 5.16. The normalized spacial score (nSPS) is 12.5. The summed E-state index contributed by atoms with van der Waals surface area (Å²) in [7, 11) is 3.36. The van der Waals surface area contributed by atoms with E-state index in [4.69, 9.17) is 9.84 Å². The third kappa shape index (κ3) is 3.47. The predicted octanol–water partition coefficient (Wildman–Crippen LogP) is 2.55. The van der Waals surface area contributed by atoms with Crippen LogP contribution in [0.4, 0.5) is 0 Å². The number of carbonyl (C=O) groups is 1. The second kappa shape index (κ2) is 6.40. The van der Waals surface area contributed by atoms with Crippen molar-refractivity contribution in [1.29, 1.82) is 0 Å². The fraction of sp³-hybridized carbons (Fsp3) is 0.500. The molecule has 100 valence electrons. The molecule has 0 bridgehead atoms. The van der Waals surface area contributed by atoms with Gasteiger partial charge in [-0.05, 0) is 24.6 Å². The molecule has 1 aromatic rings. The predicted molar refractivity (Wildman–Crippen MR) is 71.1 cm³/mol. The lowest BCUT2D eigenvalue weighted by Crippen LogP contribution is -2.20. The molecule has 1 rings (SSSR count). The van der Waals surface area contributed by atoms with Gasteiger partial charge in [0, 0.05) is 11.6 Å². The summed E-state index contributed by atoms with van der Waals surface area (Å²) in [5.41, 5.74) is 2.06. The molecule has 0 fully saturated rings. The maximum absolute atomic E-state index is 10.8. The van der Waals surface area contributed by atoms with Crippen molar-refractivity contribution in [3.63, 3.8) is 0 Å². The maximum Gasteiger partial charge on any atom is 0.305 e. The number of rotatable bonds is 6. The number of carboxylic acids is 1. The monoisotopic (exact) mass is 251 g/mol. The van der Waals surface area contributed by atoms with Crippen LogP contribution in [0.25, 0.3) is 0 Å². The van der Waals surface area contributed by atoms with Crippen molar-refractivity contribution in [1.82, 2.24) is 5.32 Å². The van der Waals surface area contributed by atoms with Crippen LogP contribution in [0.2, 0.25) is 0 Å². The van der Waals surface area contributed by atoms with Crippen LogP contribution in [0.5, 0.6) is 5.75 Å². The zero-order valence-corrected chi connectivity index (χ0v) is 11.4. The van der Waals surface area contributed by atoms with E-state index in [0.717, 1.165) is 11.3 Å². The fourth-order valence-corrected chi connectivity index (χ4v) is 1.92. The lowest BCUT2D eigenvalue weighted by molar-refractivity contribution is -0.137. The molecule has 0 spiro atoms. The van der Waals surface area contributed by atoms with Gasteiger partial charge in [-0.1, -0.05) is 26.0 Å². The van der Waals surface area contributed by atoms with Gasteiger partial charge in [-0.25, -0.2) is 0 Å². The number of benzene rings is 1. The molecule has 1 atom stereocenters. The molecular weight excluding hydrogens is 230 g/mol. The molecule has 18 heavy (non-hydrogen) atoms. The largest absolute Gasteiger partial charge is 0.496 e. The fourth-order valence-electron chi connectivity index (χ4n) is 1.92. The molecule has 4 heteroatoms. The average Bonchev–Trinajstić information content (AvgIpc) is 2.34. The smallest absolute Gasteiger partial charge is 0.305 e. The quantitative estimate of drug-likeness (QED) is 0.815. The highest BCUT2D eigenvalue weighted by atomic mass is 16.5. The molecule has 0 aliphatic carbocycles. The van der Waals surface area contributed by atoms with Crippen LogP contribution in [0.1, 0.15) is 43.4 Å². The molecule has 0 saturated carbocycles. The van der Waals surface area contributed by atoms with Gasteiger partial charge in [-0.3, -0.25) is 4.79 Å². The number of methoxy groups -OCH3 is 1. The van der Waals surface area contributed by atoms with Gasteiger partial charge in [0.15, 0.2) is 0 Å². The Bertz CT molecular complexity index is 416. The SMILES string of the molecule is CNC(CC(=O)O)c1ccc(C(C)C)cc1OC. The van der Waals surface area contributed by atoms with Crippen molar-refractivity contribution >= 4 is 5.97 Å². The van der Waals surface area contributed by atoms with E-state index in [1.165, 1.54) is 5.56 Å². The number of nitrogens with one attached hydrogen (secondary N) is 1. The van der Waals surface area contributed by atoms with Crippen molar-refractivity contribution in [3.8, 4) is 5.75 Å². The molecule has 1 aromatic carbocycles. The minimum Gasteiger partial charge on any atom is -0.496 e. The lowest BCUT2D eigenvalue weighted by atomic mass is 9.96. The van der Waals surface area contributed by atoms with E-state index in [9.17, 15) is 4.79 Å². The number of hydrogen-bond donors (Lipinski definition) is 2. The summed E-state index contributed by atoms with van der Waals surface area (Å²) < 4.78 is 5.37. The van der Waals surface area contributed by atoms with Crippen LogP contribution in [0.15, 0.2) is 18.2 Å². The van der Waals surface area contributed by atoms with Gasteiger partial charge in [0.2, 0.25) is 0 Å². The molecule has 0 radical (unpaired) electrons. The summed E-state index contributed by atoms with van der Waals surface area (Å²) in [6.07, 6.45) is 0.0356. The van der Waals surface area contributed by atoms with Gasteiger partial charge in [-0.15, -0.1) is 0 Å². The molecule has 0 saturated heterocycles. The van der Waals surface area contributed by atoms with Crippen LogP contribution >= 0.6 is 0 Å². The Balaban J connectivity index is 3.10. The standard InChI is InChI=1S/C14H21NO3/c1-9(2)10-5-6-11(13(7-10)18-4)12(15-3)8-14(16)17/h5-7,9,12,15H,8H2,1-4H3,(H,16,17). The summed E-state index contributed by atoms with van der Waals surface area (Å²) >= 11 is 0. The second-order valence-electron chi connectivity index (χ2n) is 4.60. The first-order valence-electron chi connectivity index (χ1n) is 6.06. The Morgan fingerprint density at radius 2 is 2.11 bits per heavy atom. The van der Waals surface area contributed by atoms with Crippen molar-refractivity contribution in [2.45, 2.75) is 32.2 Å². The lowest BCUT2D eigenvalue weighted by Gasteiger charge is -2.19. The van der Waals surface area contributed by atoms with E-state index in [1.807, 2.05) is 18.2 Å². The number of ether oxygens (including phenoxy) is 1. The van der Waals surface area contributed by atoms with Crippen LogP contribution in [0.3, 0.4) is 0 Å². The topological polar surface area (TPSA) is 58.6 Å². The zero-order chi connectivity index (χ0) is 13.7. The Morgan fingerprint density at radius 1 is 1.44 bits per heavy atom. The molecule has 4 nitrogen and oxygen atoms in total. The van der Waals surface area contributed by atoms with Crippen molar-refractivity contribution in [2.24, 2.45) is 0 Å². The number of hydrogen-bond acceptors (Lipinski definition) is 3. The Labute approximate surface area is 108 Å². The highest BCUT2D eigenvalue weighted by molar-refractivity contribution is 5.68. The van der Waals surface area contributed by atoms with Crippen LogP contribution < -0.4 is 10.1 Å². The van der Waals surface area contributed by atoms with Crippen LogP contribution in [0, 0.1) is 0 Å². The molecule has 0 heterocycles. The van der Waals surface area contributed by atoms with E-state index in [2.05, 4.69) is 19.2 Å². The number of carboxylic acid groups (broad SMARTS) is 1. The Hall–Kier alpha value is -1.55. The van der Waals surface area contributed by atoms with Crippen molar-refractivity contribution in [2.75, 3.05) is 14.2 Å². The van der Waals surface area contributed by atoms with Crippen LogP contribution in [-0.4, -0.2) is 25.2 Å². The second-order valence-corrected chi connectivity index (χ2v) is 4.60. The van der Waals surface area contributed by atoms with E-state index < -0.39 is 5.97 Å². The highest BCUT2D eigenvalue weighted by Gasteiger charge is 2.18. The van der Waals surface area contributed by atoms with Crippen molar-refractivity contribution in [3.05, 3.63) is 29.3 Å². The van der Waals surface area contributed by atoms with Gasteiger partial charge >= 0.3 is 5.97 Å². The van der Waals surface area contributed by atoms with E-state index in [1.54, 1.807) is 14.2 Å². The van der Waals surface area contributed by atoms with Crippen LogP contribution in [-0.2, 0) is 4.79 Å². The zero-order valence-electron chi connectivity index (χ0n) is 11.4. The third-order valence-electron chi connectivity index (χ3n) is 3.03. The molecule has 0 amide bonds. The number of aliphatic carboxylic acids is 1. The molecule has 2 N–H and O–H groups in total. The minimum absolute atomic E-state index is 0.0356. The average molecular weight is 251 g/mol. The summed E-state index contributed by atoms with van der Waals surface area (Å²) in [5, 5.41) is 11.9. The molecule has 0 aliphatic rings. The first-order chi connectivity index (χ1) is 8.49. The highest BCUT2D eigenvalue weighted by Crippen LogP contribution is 2.30. The van der Waals surface area contributed by atoms with E-state index in [0.29, 0.717) is 5.92 Å². The molecule has 1 unspecified atom stereocenters. The Morgan fingerprint density at radius 3 is 2.56 bits per heavy atom. The summed E-state index contributed by atoms with van der Waals surface area (Å²) in [5.74, 6) is 0.326. The van der Waals surface area contributed by atoms with Gasteiger partial charge in [0.25, 0.3) is 0 Å². The minimum atomic E-state index is -0.829. The first kappa shape index (κ1) is 14.5. The van der Waals surface area contributed by atoms with E-state index in [-0.39, 0.29) is 12.5 Å². The summed E-state index contributed by atoms with van der Waals surface area (Å²) in [4.78, 5) is 10.8. The van der Waals surface area contributed by atoms with E-state index >= 15 is 0 Å². The maximum atomic E-state index is 10.8. The third-order valence-corrected chi connectivity index (χ3v) is 3.03. The summed E-state index contributed by atoms with van der Waals surface area (Å²) in [6.45, 7) is 4.22. The van der Waals surface area contributed by atoms with Gasteiger partial charge in [0.05, 0.1) is 13.5 Å². The molecular formula is C14H21NO3. The first-order valence-corrected chi connectivity index (χ1v) is 6.06. The van der Waals surface area contributed by atoms with Gasteiger partial charge in [0.1, 0.15) is 5.75 Å². The molecule has 0 aromatic heterocycles. The van der Waals surface area contributed by atoms with Gasteiger partial charge < -0.3 is 15.2 Å².